The summed E-state index contributed by atoms with van der Waals surface area (Å²) in [5.74, 6) is 1.65. The summed E-state index contributed by atoms with van der Waals surface area (Å²) in [5, 5.41) is 4.23. The monoisotopic (exact) mass is 346 g/mol. The van der Waals surface area contributed by atoms with Gasteiger partial charge in [0, 0.05) is 36.4 Å². The molecule has 1 atom stereocenters. The minimum absolute atomic E-state index is 0.252. The Morgan fingerprint density at radius 3 is 2.54 bits per heavy atom. The van der Waals surface area contributed by atoms with Gasteiger partial charge in [-0.2, -0.15) is 0 Å². The summed E-state index contributed by atoms with van der Waals surface area (Å²) in [5.41, 5.74) is 2.22. The Balaban J connectivity index is 1.77. The first-order chi connectivity index (χ1) is 11.6. The SMILES string of the molecule is Cc1cc(NCC(c2ccc(Cl)cc2)N2CCOCC2)nc(C)n1. The Bertz CT molecular complexity index is 651. The van der Waals surface area contributed by atoms with Gasteiger partial charge in [0.15, 0.2) is 0 Å². The zero-order valence-corrected chi connectivity index (χ0v) is 14.9. The van der Waals surface area contributed by atoms with E-state index in [1.165, 1.54) is 5.56 Å². The van der Waals surface area contributed by atoms with Crippen molar-refractivity contribution in [2.45, 2.75) is 19.9 Å². The van der Waals surface area contributed by atoms with E-state index in [-0.39, 0.29) is 6.04 Å². The molecule has 0 amide bonds. The van der Waals surface area contributed by atoms with Crippen molar-refractivity contribution >= 4 is 17.4 Å². The molecule has 1 aliphatic rings. The van der Waals surface area contributed by atoms with E-state index < -0.39 is 0 Å². The molecule has 0 spiro atoms. The predicted molar refractivity (Wildman–Crippen MR) is 96.6 cm³/mol. The van der Waals surface area contributed by atoms with Gasteiger partial charge in [0.05, 0.1) is 19.3 Å². The second kappa shape index (κ2) is 7.92. The lowest BCUT2D eigenvalue weighted by atomic mass is 10.0. The van der Waals surface area contributed by atoms with Gasteiger partial charge in [0.2, 0.25) is 0 Å². The van der Waals surface area contributed by atoms with Gasteiger partial charge in [-0.05, 0) is 31.5 Å². The van der Waals surface area contributed by atoms with Crippen molar-refractivity contribution in [1.82, 2.24) is 14.9 Å². The molecule has 0 aliphatic carbocycles. The minimum atomic E-state index is 0.252. The number of nitrogens with zero attached hydrogens (tertiary/aromatic N) is 3. The Kier molecular flexibility index (Phi) is 5.66. The number of ether oxygens (including phenoxy) is 1. The van der Waals surface area contributed by atoms with Crippen LogP contribution in [0.4, 0.5) is 5.82 Å². The first-order valence-electron chi connectivity index (χ1n) is 8.25. The molecule has 6 heteroatoms. The van der Waals surface area contributed by atoms with E-state index >= 15 is 0 Å². The average molecular weight is 347 g/mol. The van der Waals surface area contributed by atoms with Crippen molar-refractivity contribution in [3.8, 4) is 0 Å². The quantitative estimate of drug-likeness (QED) is 0.900. The highest BCUT2D eigenvalue weighted by Gasteiger charge is 2.22. The van der Waals surface area contributed by atoms with Gasteiger partial charge >= 0.3 is 0 Å². The fraction of sp³-hybridized carbons (Fsp3) is 0.444. The molecule has 0 saturated carbocycles. The number of halogens is 1. The molecular weight excluding hydrogens is 324 g/mol. The summed E-state index contributed by atoms with van der Waals surface area (Å²) >= 11 is 6.04. The van der Waals surface area contributed by atoms with Crippen LogP contribution in [0.2, 0.25) is 5.02 Å². The lowest BCUT2D eigenvalue weighted by Gasteiger charge is -2.35. The number of aryl methyl sites for hydroxylation is 2. The zero-order chi connectivity index (χ0) is 16.9. The smallest absolute Gasteiger partial charge is 0.129 e. The van der Waals surface area contributed by atoms with Gasteiger partial charge in [0.1, 0.15) is 11.6 Å². The number of rotatable bonds is 5. The van der Waals surface area contributed by atoms with Crippen LogP contribution in [0.1, 0.15) is 23.1 Å². The van der Waals surface area contributed by atoms with E-state index in [2.05, 4.69) is 32.3 Å². The molecule has 0 bridgehead atoms. The Morgan fingerprint density at radius 1 is 1.17 bits per heavy atom. The van der Waals surface area contributed by atoms with Crippen LogP contribution in [0.3, 0.4) is 0 Å². The lowest BCUT2D eigenvalue weighted by Crippen LogP contribution is -2.41. The molecule has 3 rings (SSSR count). The summed E-state index contributed by atoms with van der Waals surface area (Å²) in [6.07, 6.45) is 0. The first-order valence-corrected chi connectivity index (χ1v) is 8.63. The zero-order valence-electron chi connectivity index (χ0n) is 14.1. The van der Waals surface area contributed by atoms with Crippen molar-refractivity contribution in [2.24, 2.45) is 0 Å². The van der Waals surface area contributed by atoms with Crippen LogP contribution in [0, 0.1) is 13.8 Å². The molecule has 1 aliphatic heterocycles. The van der Waals surface area contributed by atoms with E-state index in [9.17, 15) is 0 Å². The Hall–Kier alpha value is -1.69. The van der Waals surface area contributed by atoms with Crippen LogP contribution in [0.5, 0.6) is 0 Å². The van der Waals surface area contributed by atoms with Crippen LogP contribution in [0.25, 0.3) is 0 Å². The van der Waals surface area contributed by atoms with Gasteiger partial charge in [-0.25, -0.2) is 9.97 Å². The number of nitrogens with one attached hydrogen (secondary N) is 1. The Morgan fingerprint density at radius 2 is 1.88 bits per heavy atom. The highest BCUT2D eigenvalue weighted by atomic mass is 35.5. The topological polar surface area (TPSA) is 50.3 Å². The van der Waals surface area contributed by atoms with Gasteiger partial charge < -0.3 is 10.1 Å². The molecule has 128 valence electrons. The number of benzene rings is 1. The maximum atomic E-state index is 6.04. The van der Waals surface area contributed by atoms with Crippen LogP contribution < -0.4 is 5.32 Å². The maximum Gasteiger partial charge on any atom is 0.129 e. The molecule has 1 aromatic heterocycles. The van der Waals surface area contributed by atoms with Crippen molar-refractivity contribution in [1.29, 1.82) is 0 Å². The first kappa shape index (κ1) is 17.1. The molecule has 24 heavy (non-hydrogen) atoms. The number of morpholine rings is 1. The number of hydrogen-bond acceptors (Lipinski definition) is 5. The molecule has 2 aromatic rings. The maximum absolute atomic E-state index is 6.04. The highest BCUT2D eigenvalue weighted by Crippen LogP contribution is 2.24. The van der Waals surface area contributed by atoms with E-state index in [4.69, 9.17) is 16.3 Å². The summed E-state index contributed by atoms with van der Waals surface area (Å²) in [6.45, 7) is 8.08. The summed E-state index contributed by atoms with van der Waals surface area (Å²) in [6, 6.07) is 10.3. The second-order valence-electron chi connectivity index (χ2n) is 6.04. The highest BCUT2D eigenvalue weighted by molar-refractivity contribution is 6.30. The third-order valence-corrected chi connectivity index (χ3v) is 4.44. The predicted octanol–water partition coefficient (Wildman–Crippen LogP) is 3.23. The van der Waals surface area contributed by atoms with Crippen LogP contribution in [-0.4, -0.2) is 47.7 Å². The molecule has 5 nitrogen and oxygen atoms in total. The van der Waals surface area contributed by atoms with Crippen molar-refractivity contribution in [3.63, 3.8) is 0 Å². The van der Waals surface area contributed by atoms with Crippen molar-refractivity contribution in [2.75, 3.05) is 38.2 Å². The fourth-order valence-corrected chi connectivity index (χ4v) is 3.17. The number of hydrogen-bond donors (Lipinski definition) is 1. The van der Waals surface area contributed by atoms with E-state index in [1.54, 1.807) is 0 Å². The second-order valence-corrected chi connectivity index (χ2v) is 6.47. The third-order valence-electron chi connectivity index (χ3n) is 4.18. The van der Waals surface area contributed by atoms with Gasteiger partial charge in [-0.15, -0.1) is 0 Å². The Labute approximate surface area is 148 Å². The third kappa shape index (κ3) is 4.44. The summed E-state index contributed by atoms with van der Waals surface area (Å²) in [7, 11) is 0. The lowest BCUT2D eigenvalue weighted by molar-refractivity contribution is 0.0187. The van der Waals surface area contributed by atoms with Crippen LogP contribution in [0.15, 0.2) is 30.3 Å². The van der Waals surface area contributed by atoms with Gasteiger partial charge in [-0.1, -0.05) is 23.7 Å². The van der Waals surface area contributed by atoms with Crippen molar-refractivity contribution in [3.05, 3.63) is 52.4 Å². The summed E-state index contributed by atoms with van der Waals surface area (Å²) in [4.78, 5) is 11.2. The van der Waals surface area contributed by atoms with Gasteiger partial charge in [0.25, 0.3) is 0 Å². The molecule has 2 heterocycles. The van der Waals surface area contributed by atoms with E-state index in [0.717, 1.165) is 55.2 Å². The standard InChI is InChI=1S/C18H23ClN4O/c1-13-11-18(22-14(2)21-13)20-12-17(23-7-9-24-10-8-23)15-3-5-16(19)6-4-15/h3-6,11,17H,7-10,12H2,1-2H3,(H,20,21,22). The molecule has 1 aromatic carbocycles. The molecule has 1 unspecified atom stereocenters. The van der Waals surface area contributed by atoms with E-state index in [1.807, 2.05) is 32.0 Å². The summed E-state index contributed by atoms with van der Waals surface area (Å²) < 4.78 is 5.50. The molecule has 1 N–H and O–H groups in total. The number of anilines is 1. The normalized spacial score (nSPS) is 16.8. The molecule has 1 saturated heterocycles. The number of aromatic nitrogens is 2. The molecular formula is C18H23ClN4O. The largest absolute Gasteiger partial charge is 0.379 e. The molecule has 0 radical (unpaired) electrons. The fourth-order valence-electron chi connectivity index (χ4n) is 3.04. The van der Waals surface area contributed by atoms with E-state index in [0.29, 0.717) is 0 Å². The molecule has 1 fully saturated rings. The van der Waals surface area contributed by atoms with Gasteiger partial charge in [-0.3, -0.25) is 4.90 Å². The van der Waals surface area contributed by atoms with Crippen molar-refractivity contribution < 1.29 is 4.74 Å². The average Bonchev–Trinajstić information content (AvgIpc) is 2.57. The van der Waals surface area contributed by atoms with Crippen LogP contribution in [-0.2, 0) is 4.74 Å². The minimum Gasteiger partial charge on any atom is -0.379 e. The van der Waals surface area contributed by atoms with Crippen LogP contribution >= 0.6 is 11.6 Å².